The first-order valence-electron chi connectivity index (χ1n) is 9.34. The van der Waals surface area contributed by atoms with E-state index in [1.807, 2.05) is 29.7 Å². The highest BCUT2D eigenvalue weighted by molar-refractivity contribution is 7.09. The fourth-order valence-corrected chi connectivity index (χ4v) is 4.64. The van der Waals surface area contributed by atoms with Crippen molar-refractivity contribution in [3.8, 4) is 0 Å². The molecule has 136 valence electrons. The van der Waals surface area contributed by atoms with E-state index in [1.54, 1.807) is 0 Å². The molecule has 1 aliphatic carbocycles. The number of anilines is 1. The standard InChI is InChI=1S/C21H24ClN3S/c22-15-3-8-19-20(10-12-24-21(19)14-15)25-17-6-4-16(5-7-17)23-11-9-18-2-1-13-26-18/h1-3,8,10,12-14,16-17,23H,4-7,9,11H2,(H,24,25)/t16-,17+. The topological polar surface area (TPSA) is 37.0 Å². The highest BCUT2D eigenvalue weighted by Crippen LogP contribution is 2.28. The van der Waals surface area contributed by atoms with Gasteiger partial charge in [0.15, 0.2) is 0 Å². The first-order chi connectivity index (χ1) is 12.8. The van der Waals surface area contributed by atoms with Gasteiger partial charge in [-0.05, 0) is 67.8 Å². The number of pyridine rings is 1. The first kappa shape index (κ1) is 17.8. The molecule has 0 atom stereocenters. The third kappa shape index (κ3) is 4.37. The van der Waals surface area contributed by atoms with Crippen LogP contribution in [0.3, 0.4) is 0 Å². The molecule has 4 rings (SSSR count). The third-order valence-electron chi connectivity index (χ3n) is 5.18. The molecule has 26 heavy (non-hydrogen) atoms. The number of nitrogens with one attached hydrogen (secondary N) is 2. The third-order valence-corrected chi connectivity index (χ3v) is 6.35. The van der Waals surface area contributed by atoms with E-state index >= 15 is 0 Å². The molecule has 1 saturated carbocycles. The second-order valence-corrected chi connectivity index (χ2v) is 8.47. The Bertz CT molecular complexity index is 842. The van der Waals surface area contributed by atoms with Crippen molar-refractivity contribution in [2.45, 2.75) is 44.2 Å². The van der Waals surface area contributed by atoms with Crippen LogP contribution in [0.5, 0.6) is 0 Å². The maximum atomic E-state index is 6.09. The number of fused-ring (bicyclic) bond motifs is 1. The van der Waals surface area contributed by atoms with Crippen LogP contribution in [-0.4, -0.2) is 23.6 Å². The van der Waals surface area contributed by atoms with Crippen molar-refractivity contribution in [3.63, 3.8) is 0 Å². The van der Waals surface area contributed by atoms with Crippen LogP contribution in [0.2, 0.25) is 5.02 Å². The average Bonchev–Trinajstić information content (AvgIpc) is 3.17. The Balaban J connectivity index is 1.29. The van der Waals surface area contributed by atoms with Crippen LogP contribution in [0.25, 0.3) is 10.9 Å². The summed E-state index contributed by atoms with van der Waals surface area (Å²) < 4.78 is 0. The Morgan fingerprint density at radius 2 is 1.92 bits per heavy atom. The van der Waals surface area contributed by atoms with E-state index < -0.39 is 0 Å². The van der Waals surface area contributed by atoms with Gasteiger partial charge in [0.25, 0.3) is 0 Å². The van der Waals surface area contributed by atoms with Gasteiger partial charge in [-0.2, -0.15) is 0 Å². The van der Waals surface area contributed by atoms with Gasteiger partial charge in [-0.3, -0.25) is 4.98 Å². The molecule has 2 heterocycles. The van der Waals surface area contributed by atoms with Crippen LogP contribution in [-0.2, 0) is 6.42 Å². The highest BCUT2D eigenvalue weighted by Gasteiger charge is 2.21. The van der Waals surface area contributed by atoms with Crippen LogP contribution < -0.4 is 10.6 Å². The Morgan fingerprint density at radius 1 is 1.08 bits per heavy atom. The summed E-state index contributed by atoms with van der Waals surface area (Å²) in [5.41, 5.74) is 2.12. The monoisotopic (exact) mass is 385 g/mol. The van der Waals surface area contributed by atoms with E-state index in [0.29, 0.717) is 12.1 Å². The molecule has 0 bridgehead atoms. The summed E-state index contributed by atoms with van der Waals surface area (Å²) in [5, 5.41) is 11.5. The lowest BCUT2D eigenvalue weighted by Crippen LogP contribution is -2.37. The number of nitrogens with zero attached hydrogens (tertiary/aromatic N) is 1. The summed E-state index contributed by atoms with van der Waals surface area (Å²) in [6, 6.07) is 13.5. The quantitative estimate of drug-likeness (QED) is 0.587. The molecule has 2 N–H and O–H groups in total. The molecule has 5 heteroatoms. The van der Waals surface area contributed by atoms with Gasteiger partial charge in [0.05, 0.1) is 5.52 Å². The van der Waals surface area contributed by atoms with Crippen molar-refractivity contribution in [2.75, 3.05) is 11.9 Å². The Morgan fingerprint density at radius 3 is 2.73 bits per heavy atom. The second kappa shape index (κ2) is 8.38. The predicted molar refractivity (Wildman–Crippen MR) is 112 cm³/mol. The second-order valence-electron chi connectivity index (χ2n) is 7.00. The van der Waals surface area contributed by atoms with Gasteiger partial charge < -0.3 is 10.6 Å². The van der Waals surface area contributed by atoms with Crippen LogP contribution in [0, 0.1) is 0 Å². The van der Waals surface area contributed by atoms with Crippen molar-refractivity contribution in [2.24, 2.45) is 0 Å². The fraction of sp³-hybridized carbons (Fsp3) is 0.381. The minimum Gasteiger partial charge on any atom is -0.382 e. The van der Waals surface area contributed by atoms with E-state index in [1.165, 1.54) is 36.2 Å². The average molecular weight is 386 g/mol. The molecule has 0 unspecified atom stereocenters. The molecule has 0 aliphatic heterocycles. The first-order valence-corrected chi connectivity index (χ1v) is 10.6. The largest absolute Gasteiger partial charge is 0.382 e. The molecule has 1 aromatic carbocycles. The molecule has 3 nitrogen and oxygen atoms in total. The highest BCUT2D eigenvalue weighted by atomic mass is 35.5. The van der Waals surface area contributed by atoms with Crippen LogP contribution in [0.15, 0.2) is 48.0 Å². The number of thiophene rings is 1. The van der Waals surface area contributed by atoms with Crippen molar-refractivity contribution in [3.05, 3.63) is 57.9 Å². The summed E-state index contributed by atoms with van der Waals surface area (Å²) in [7, 11) is 0. The molecule has 1 aliphatic rings. The van der Waals surface area contributed by atoms with E-state index in [4.69, 9.17) is 11.6 Å². The van der Waals surface area contributed by atoms with Crippen molar-refractivity contribution in [1.29, 1.82) is 0 Å². The molecule has 2 aromatic heterocycles. The number of hydrogen-bond donors (Lipinski definition) is 2. The molecule has 3 aromatic rings. The van der Waals surface area contributed by atoms with Crippen molar-refractivity contribution >= 4 is 39.5 Å². The summed E-state index contributed by atoms with van der Waals surface area (Å²) in [5.74, 6) is 0. The maximum Gasteiger partial charge on any atom is 0.0737 e. The zero-order valence-electron chi connectivity index (χ0n) is 14.7. The molecule has 0 radical (unpaired) electrons. The molecule has 0 amide bonds. The van der Waals surface area contributed by atoms with Gasteiger partial charge in [-0.1, -0.05) is 17.7 Å². The lowest BCUT2D eigenvalue weighted by Gasteiger charge is -2.30. The number of aromatic nitrogens is 1. The van der Waals surface area contributed by atoms with Crippen molar-refractivity contribution < 1.29 is 0 Å². The predicted octanol–water partition coefficient (Wildman–Crippen LogP) is 5.51. The lowest BCUT2D eigenvalue weighted by atomic mass is 9.91. The lowest BCUT2D eigenvalue weighted by molar-refractivity contribution is 0.356. The van der Waals surface area contributed by atoms with Gasteiger partial charge in [-0.25, -0.2) is 0 Å². The van der Waals surface area contributed by atoms with Crippen molar-refractivity contribution in [1.82, 2.24) is 10.3 Å². The van der Waals surface area contributed by atoms with Crippen LogP contribution in [0.4, 0.5) is 5.69 Å². The van der Waals surface area contributed by atoms with E-state index in [2.05, 4.69) is 45.3 Å². The summed E-state index contributed by atoms with van der Waals surface area (Å²) in [6.45, 7) is 1.08. The zero-order valence-corrected chi connectivity index (χ0v) is 16.3. The number of halogens is 1. The van der Waals surface area contributed by atoms with E-state index in [0.717, 1.165) is 28.9 Å². The van der Waals surface area contributed by atoms with Gasteiger partial charge in [0.2, 0.25) is 0 Å². The minimum atomic E-state index is 0.534. The maximum absolute atomic E-state index is 6.09. The molecular formula is C21H24ClN3S. The van der Waals surface area contributed by atoms with E-state index in [9.17, 15) is 0 Å². The zero-order chi connectivity index (χ0) is 17.8. The molecule has 0 saturated heterocycles. The van der Waals surface area contributed by atoms with Crippen LogP contribution in [0.1, 0.15) is 30.6 Å². The SMILES string of the molecule is Clc1ccc2c(N[C@H]3CC[C@@H](NCCc4cccs4)CC3)ccnc2c1. The Labute approximate surface area is 163 Å². The van der Waals surface area contributed by atoms with Gasteiger partial charge in [0, 0.05) is 45.8 Å². The summed E-state index contributed by atoms with van der Waals surface area (Å²) in [6.07, 6.45) is 7.87. The van der Waals surface area contributed by atoms with Gasteiger partial charge in [-0.15, -0.1) is 11.3 Å². The number of rotatable bonds is 6. The number of hydrogen-bond acceptors (Lipinski definition) is 4. The van der Waals surface area contributed by atoms with Gasteiger partial charge in [0.1, 0.15) is 0 Å². The summed E-state index contributed by atoms with van der Waals surface area (Å²) >= 11 is 7.94. The fourth-order valence-electron chi connectivity index (χ4n) is 3.76. The molecule has 0 spiro atoms. The Kier molecular flexibility index (Phi) is 5.73. The minimum absolute atomic E-state index is 0.534. The van der Waals surface area contributed by atoms with Gasteiger partial charge >= 0.3 is 0 Å². The number of benzene rings is 1. The smallest absolute Gasteiger partial charge is 0.0737 e. The Hall–Kier alpha value is -1.62. The van der Waals surface area contributed by atoms with E-state index in [-0.39, 0.29) is 0 Å². The summed E-state index contributed by atoms with van der Waals surface area (Å²) in [4.78, 5) is 5.90. The molecular weight excluding hydrogens is 362 g/mol. The normalized spacial score (nSPS) is 20.3. The van der Waals surface area contributed by atoms with Crippen LogP contribution >= 0.6 is 22.9 Å². The molecule has 1 fully saturated rings.